The molecule has 3 aliphatic carbocycles. The zero-order chi connectivity index (χ0) is 23.0. The molecule has 0 spiro atoms. The summed E-state index contributed by atoms with van der Waals surface area (Å²) in [6.45, 7) is 4.15. The number of nitrogens with zero attached hydrogens (tertiary/aromatic N) is 1. The van der Waals surface area contributed by atoms with Gasteiger partial charge in [-0.2, -0.15) is 0 Å². The molecular formula is C28H38N2O3. The van der Waals surface area contributed by atoms with Crippen LogP contribution in [0.3, 0.4) is 0 Å². The van der Waals surface area contributed by atoms with E-state index in [1.54, 1.807) is 0 Å². The summed E-state index contributed by atoms with van der Waals surface area (Å²) in [6.07, 6.45) is 14.6. The summed E-state index contributed by atoms with van der Waals surface area (Å²) in [5.74, 6) is 2.35. The zero-order valence-electron chi connectivity index (χ0n) is 19.9. The number of aryl methyl sites for hydroxylation is 1. The van der Waals surface area contributed by atoms with Crippen molar-refractivity contribution in [2.75, 3.05) is 13.1 Å². The van der Waals surface area contributed by atoms with Gasteiger partial charge in [-0.15, -0.1) is 0 Å². The molecule has 2 amide bonds. The lowest BCUT2D eigenvalue weighted by Gasteiger charge is -2.51. The van der Waals surface area contributed by atoms with Gasteiger partial charge in [0.1, 0.15) is 5.75 Å². The molecule has 4 aliphatic rings. The monoisotopic (exact) mass is 450 g/mol. The number of fused-ring (bicyclic) bond motifs is 5. The van der Waals surface area contributed by atoms with Gasteiger partial charge >= 0.3 is 0 Å². The first-order valence-corrected chi connectivity index (χ1v) is 13.1. The van der Waals surface area contributed by atoms with Crippen molar-refractivity contribution in [3.63, 3.8) is 0 Å². The van der Waals surface area contributed by atoms with Crippen LogP contribution in [0.1, 0.15) is 81.8 Å². The van der Waals surface area contributed by atoms with Crippen molar-refractivity contribution >= 4 is 11.8 Å². The van der Waals surface area contributed by atoms with Gasteiger partial charge in [-0.1, -0.05) is 25.8 Å². The first-order valence-electron chi connectivity index (χ1n) is 13.1. The van der Waals surface area contributed by atoms with Gasteiger partial charge in [-0.05, 0) is 104 Å². The van der Waals surface area contributed by atoms with E-state index in [1.807, 2.05) is 12.1 Å². The second-order valence-electron chi connectivity index (χ2n) is 11.0. The molecule has 33 heavy (non-hydrogen) atoms. The number of phenols is 1. The van der Waals surface area contributed by atoms with E-state index in [1.165, 1.54) is 60.3 Å². The SMILES string of the molecule is C[C@]12CCC3c4ccc(O)cc4CC[C@H]3C1CC[C@@H]2NCCCCCCN1C(=O)C=CC1=O. The Morgan fingerprint density at radius 3 is 2.64 bits per heavy atom. The van der Waals surface area contributed by atoms with E-state index in [0.29, 0.717) is 29.7 Å². The maximum atomic E-state index is 11.6. The van der Waals surface area contributed by atoms with Crippen LogP contribution < -0.4 is 5.32 Å². The minimum atomic E-state index is -0.167. The van der Waals surface area contributed by atoms with Crippen LogP contribution in [-0.4, -0.2) is 41.0 Å². The van der Waals surface area contributed by atoms with E-state index < -0.39 is 0 Å². The number of imide groups is 1. The minimum Gasteiger partial charge on any atom is -0.508 e. The maximum Gasteiger partial charge on any atom is 0.253 e. The van der Waals surface area contributed by atoms with Gasteiger partial charge in [0.25, 0.3) is 11.8 Å². The molecule has 0 bridgehead atoms. The summed E-state index contributed by atoms with van der Waals surface area (Å²) in [5.41, 5.74) is 3.29. The highest BCUT2D eigenvalue weighted by atomic mass is 16.3. The van der Waals surface area contributed by atoms with Gasteiger partial charge in [-0.3, -0.25) is 14.5 Å². The molecule has 1 aromatic carbocycles. The summed E-state index contributed by atoms with van der Waals surface area (Å²) in [5, 5.41) is 13.8. The van der Waals surface area contributed by atoms with Gasteiger partial charge in [0.2, 0.25) is 0 Å². The van der Waals surface area contributed by atoms with E-state index in [9.17, 15) is 14.7 Å². The van der Waals surface area contributed by atoms with Gasteiger partial charge in [0.15, 0.2) is 0 Å². The topological polar surface area (TPSA) is 69.6 Å². The zero-order valence-corrected chi connectivity index (χ0v) is 19.9. The van der Waals surface area contributed by atoms with Gasteiger partial charge in [0, 0.05) is 24.7 Å². The molecule has 5 heteroatoms. The fourth-order valence-corrected chi connectivity index (χ4v) is 7.58. The Balaban J connectivity index is 1.08. The highest BCUT2D eigenvalue weighted by molar-refractivity contribution is 6.12. The van der Waals surface area contributed by atoms with Crippen LogP contribution >= 0.6 is 0 Å². The molecule has 1 heterocycles. The fraction of sp³-hybridized carbons (Fsp3) is 0.643. The molecule has 5 rings (SSSR count). The lowest BCUT2D eigenvalue weighted by atomic mass is 9.55. The summed E-state index contributed by atoms with van der Waals surface area (Å²) in [6, 6.07) is 6.69. The van der Waals surface area contributed by atoms with E-state index in [0.717, 1.165) is 50.5 Å². The number of rotatable bonds is 8. The van der Waals surface area contributed by atoms with Crippen molar-refractivity contribution in [1.29, 1.82) is 0 Å². The van der Waals surface area contributed by atoms with E-state index in [-0.39, 0.29) is 11.8 Å². The normalized spacial score (nSPS) is 32.7. The Morgan fingerprint density at radius 2 is 1.82 bits per heavy atom. The van der Waals surface area contributed by atoms with Crippen LogP contribution in [-0.2, 0) is 16.0 Å². The van der Waals surface area contributed by atoms with Crippen LogP contribution in [0.4, 0.5) is 0 Å². The van der Waals surface area contributed by atoms with Gasteiger partial charge in [-0.25, -0.2) is 0 Å². The van der Waals surface area contributed by atoms with E-state index >= 15 is 0 Å². The molecule has 178 valence electrons. The molecule has 2 N–H and O–H groups in total. The number of phenolic OH excluding ortho intramolecular Hbond substituents is 1. The predicted molar refractivity (Wildman–Crippen MR) is 129 cm³/mol. The van der Waals surface area contributed by atoms with Crippen molar-refractivity contribution in [1.82, 2.24) is 10.2 Å². The number of hydrogen-bond donors (Lipinski definition) is 2. The summed E-state index contributed by atoms with van der Waals surface area (Å²) >= 11 is 0. The number of benzene rings is 1. The maximum absolute atomic E-state index is 11.6. The average molecular weight is 451 g/mol. The van der Waals surface area contributed by atoms with Crippen molar-refractivity contribution in [3.05, 3.63) is 41.5 Å². The third-order valence-corrected chi connectivity index (χ3v) is 9.31. The standard InChI is InChI=1S/C28H38N2O3/c1-28-15-14-22-21-9-7-20(31)18-19(21)6-8-23(22)24(28)10-11-25(28)29-16-4-2-3-5-17-30-26(32)12-13-27(30)33/h7,9,12-13,18,22-25,29,31H,2-6,8,10-11,14-17H2,1H3/t22?,23-,24?,25+,28+/m1/s1. The third kappa shape index (κ3) is 4.25. The Morgan fingerprint density at radius 1 is 1.03 bits per heavy atom. The van der Waals surface area contributed by atoms with E-state index in [2.05, 4.69) is 18.3 Å². The largest absolute Gasteiger partial charge is 0.508 e. The van der Waals surface area contributed by atoms with Crippen LogP contribution in [0, 0.1) is 17.3 Å². The number of hydrogen-bond acceptors (Lipinski definition) is 4. The predicted octanol–water partition coefficient (Wildman–Crippen LogP) is 4.69. The number of amides is 2. The summed E-state index contributed by atoms with van der Waals surface area (Å²) < 4.78 is 0. The molecule has 5 atom stereocenters. The first-order chi connectivity index (χ1) is 16.0. The molecule has 1 aromatic rings. The van der Waals surface area contributed by atoms with Crippen LogP contribution in [0.2, 0.25) is 0 Å². The van der Waals surface area contributed by atoms with E-state index in [4.69, 9.17) is 0 Å². The number of carbonyl (C=O) groups excluding carboxylic acids is 2. The molecule has 5 nitrogen and oxygen atoms in total. The molecule has 0 aromatic heterocycles. The summed E-state index contributed by atoms with van der Waals surface area (Å²) in [4.78, 5) is 24.6. The Kier molecular flexibility index (Phi) is 6.34. The van der Waals surface area contributed by atoms with Crippen molar-refractivity contribution in [2.24, 2.45) is 17.3 Å². The lowest BCUT2D eigenvalue weighted by molar-refractivity contribution is -0.136. The molecular weight excluding hydrogens is 412 g/mol. The Hall–Kier alpha value is -2.14. The average Bonchev–Trinajstić information content (AvgIpc) is 3.31. The first kappa shape index (κ1) is 22.6. The minimum absolute atomic E-state index is 0.167. The number of aromatic hydroxyl groups is 1. The number of carbonyl (C=O) groups is 2. The smallest absolute Gasteiger partial charge is 0.253 e. The molecule has 0 radical (unpaired) electrons. The van der Waals surface area contributed by atoms with Gasteiger partial charge in [0.05, 0.1) is 0 Å². The van der Waals surface area contributed by atoms with Crippen molar-refractivity contribution in [3.8, 4) is 5.75 Å². The van der Waals surface area contributed by atoms with Crippen molar-refractivity contribution in [2.45, 2.75) is 83.1 Å². The number of unbranched alkanes of at least 4 members (excludes halogenated alkanes) is 3. The Bertz CT molecular complexity index is 923. The van der Waals surface area contributed by atoms with Crippen LogP contribution in [0.5, 0.6) is 5.75 Å². The lowest BCUT2D eigenvalue weighted by Crippen LogP contribution is -2.48. The highest BCUT2D eigenvalue weighted by Gasteiger charge is 2.54. The number of nitrogens with one attached hydrogen (secondary N) is 1. The third-order valence-electron chi connectivity index (χ3n) is 9.31. The fourth-order valence-electron chi connectivity index (χ4n) is 7.58. The van der Waals surface area contributed by atoms with Crippen LogP contribution in [0.15, 0.2) is 30.4 Å². The highest BCUT2D eigenvalue weighted by Crippen LogP contribution is 2.60. The molecule has 2 fully saturated rings. The molecule has 2 saturated carbocycles. The van der Waals surface area contributed by atoms with Gasteiger partial charge < -0.3 is 10.4 Å². The van der Waals surface area contributed by atoms with Crippen molar-refractivity contribution < 1.29 is 14.7 Å². The molecule has 2 unspecified atom stereocenters. The molecule has 1 aliphatic heterocycles. The summed E-state index contributed by atoms with van der Waals surface area (Å²) in [7, 11) is 0. The molecule has 0 saturated heterocycles. The van der Waals surface area contributed by atoms with Crippen LogP contribution in [0.25, 0.3) is 0 Å². The Labute approximate surface area is 197 Å². The second kappa shape index (κ2) is 9.25. The second-order valence-corrected chi connectivity index (χ2v) is 11.0. The quantitative estimate of drug-likeness (QED) is 0.445.